The van der Waals surface area contributed by atoms with E-state index in [1.807, 2.05) is 0 Å². The molecular formula is C19H32O24S3. The van der Waals surface area contributed by atoms with Crippen molar-refractivity contribution in [3.05, 3.63) is 0 Å². The Balaban J connectivity index is 1.60. The lowest BCUT2D eigenvalue weighted by atomic mass is 9.97. The van der Waals surface area contributed by atoms with E-state index in [-0.39, 0.29) is 0 Å². The summed E-state index contributed by atoms with van der Waals surface area (Å²) in [6.45, 7) is -2.44. The molecule has 4 aliphatic heterocycles. The van der Waals surface area contributed by atoms with E-state index in [0.717, 1.165) is 7.11 Å². The molecule has 24 nitrogen and oxygen atoms in total. The van der Waals surface area contributed by atoms with E-state index in [4.69, 9.17) is 37.7 Å². The Hall–Kier alpha value is -0.870. The fraction of sp³-hybridized carbons (Fsp3) is 1.00. The van der Waals surface area contributed by atoms with Gasteiger partial charge in [0.15, 0.2) is 25.0 Å². The molecule has 0 radical (unpaired) electrons. The highest BCUT2D eigenvalue weighted by Crippen LogP contribution is 2.39. The second-order valence-corrected chi connectivity index (χ2v) is 13.3. The first-order chi connectivity index (χ1) is 21.3. The van der Waals surface area contributed by atoms with E-state index in [0.29, 0.717) is 0 Å². The van der Waals surface area contributed by atoms with Crippen molar-refractivity contribution in [1.29, 1.82) is 0 Å². The van der Waals surface area contributed by atoms with E-state index < -0.39 is 143 Å². The summed E-state index contributed by atoms with van der Waals surface area (Å²) in [7, 11) is -14.8. The highest BCUT2D eigenvalue weighted by Gasteiger charge is 2.59. The average molecular weight is 741 g/mol. The molecule has 46 heavy (non-hydrogen) atoms. The summed E-state index contributed by atoms with van der Waals surface area (Å²) >= 11 is 0. The van der Waals surface area contributed by atoms with Gasteiger partial charge >= 0.3 is 31.2 Å². The summed E-state index contributed by atoms with van der Waals surface area (Å²) in [6.07, 6.45) is -27.6. The van der Waals surface area contributed by atoms with Gasteiger partial charge in [0.1, 0.15) is 67.1 Å². The number of hydrogen-bond donors (Lipinski definition) is 8. The van der Waals surface area contributed by atoms with Crippen LogP contribution >= 0.6 is 0 Å². The number of aliphatic hydroxyl groups excluding tert-OH is 5. The van der Waals surface area contributed by atoms with Crippen molar-refractivity contribution >= 4 is 31.2 Å². The molecule has 0 aromatic rings. The van der Waals surface area contributed by atoms with Crippen LogP contribution in [0.2, 0.25) is 0 Å². The van der Waals surface area contributed by atoms with Gasteiger partial charge in [-0.2, -0.15) is 25.3 Å². The van der Waals surface area contributed by atoms with Crippen molar-refractivity contribution in [3.63, 3.8) is 0 Å². The molecule has 0 amide bonds. The molecule has 0 saturated carbocycles. The quantitative estimate of drug-likeness (QED) is 0.0814. The minimum atomic E-state index is -5.39. The zero-order valence-electron chi connectivity index (χ0n) is 23.1. The van der Waals surface area contributed by atoms with Crippen LogP contribution in [0.15, 0.2) is 0 Å². The summed E-state index contributed by atoms with van der Waals surface area (Å²) in [4.78, 5) is 0. The van der Waals surface area contributed by atoms with Gasteiger partial charge in [0.2, 0.25) is 0 Å². The molecule has 15 atom stereocenters. The summed E-state index contributed by atoms with van der Waals surface area (Å²) in [5.41, 5.74) is 0. The molecule has 4 aliphatic rings. The van der Waals surface area contributed by atoms with Gasteiger partial charge in [0.05, 0.1) is 19.8 Å². The first kappa shape index (κ1) is 37.9. The van der Waals surface area contributed by atoms with Gasteiger partial charge in [-0.15, -0.1) is 0 Å². The van der Waals surface area contributed by atoms with Crippen LogP contribution in [0.3, 0.4) is 0 Å². The van der Waals surface area contributed by atoms with E-state index in [2.05, 4.69) is 12.5 Å². The van der Waals surface area contributed by atoms with E-state index in [1.54, 1.807) is 0 Å². The molecule has 8 N–H and O–H groups in total. The van der Waals surface area contributed by atoms with Crippen molar-refractivity contribution in [2.75, 3.05) is 26.9 Å². The largest absolute Gasteiger partial charge is 0.397 e. The maximum Gasteiger partial charge on any atom is 0.397 e. The van der Waals surface area contributed by atoms with Crippen LogP contribution in [0, 0.1) is 0 Å². The van der Waals surface area contributed by atoms with Crippen LogP contribution in [-0.4, -0.2) is 183 Å². The molecule has 0 aliphatic carbocycles. The van der Waals surface area contributed by atoms with Gasteiger partial charge in [0.25, 0.3) is 0 Å². The Bertz CT molecular complexity index is 1360. The molecule has 4 heterocycles. The Morgan fingerprint density at radius 3 is 1.65 bits per heavy atom. The van der Waals surface area contributed by atoms with Gasteiger partial charge in [0, 0.05) is 7.11 Å². The first-order valence-corrected chi connectivity index (χ1v) is 17.0. The van der Waals surface area contributed by atoms with Gasteiger partial charge in [-0.3, -0.25) is 13.7 Å². The van der Waals surface area contributed by atoms with Crippen LogP contribution in [0.5, 0.6) is 0 Å². The summed E-state index contributed by atoms with van der Waals surface area (Å²) in [5.74, 6) is 0. The number of methoxy groups -OCH3 is 1. The molecule has 270 valence electrons. The standard InChI is InChI=1S/C19H32O24S3/c1-34-13-9(23)18(37-6(3-21)11(13)41-44(25,26)27)39-10-7-4-35-15(10)16(43-46(31,32)33)19(38-7)40-14-8(22)17(24)36-5(2-20)12(14)42-45(28,29)30/h5-24H,2-4H2,1H3,(H,25,26,27)(H,28,29,30)(H,31,32,33)/t5-,6-,7-,8-,9-,10+,11+,12+,13-,14-,15+,16-,17-,18+,19-/m1/s1. The fourth-order valence-corrected chi connectivity index (χ4v) is 6.89. The predicted molar refractivity (Wildman–Crippen MR) is 134 cm³/mol. The second kappa shape index (κ2) is 14.5. The number of fused-ring (bicyclic) bond motifs is 2. The number of ether oxygens (including phenoxy) is 7. The molecule has 0 spiro atoms. The van der Waals surface area contributed by atoms with E-state index in [9.17, 15) is 59.9 Å². The zero-order valence-corrected chi connectivity index (χ0v) is 25.6. The van der Waals surface area contributed by atoms with Crippen molar-refractivity contribution in [3.8, 4) is 0 Å². The molecular weight excluding hydrogens is 708 g/mol. The maximum absolute atomic E-state index is 11.8. The number of hydrogen-bond acceptors (Lipinski definition) is 21. The molecule has 4 rings (SSSR count). The lowest BCUT2D eigenvalue weighted by Crippen LogP contribution is -2.65. The first-order valence-electron chi connectivity index (χ1n) is 12.9. The summed E-state index contributed by atoms with van der Waals surface area (Å²) < 4.78 is 148. The molecule has 0 aromatic heterocycles. The molecule has 27 heteroatoms. The van der Waals surface area contributed by atoms with Crippen LogP contribution in [-0.2, 0) is 76.9 Å². The van der Waals surface area contributed by atoms with Crippen LogP contribution < -0.4 is 0 Å². The fourth-order valence-electron chi connectivity index (χ4n) is 5.38. The number of rotatable bonds is 13. The third kappa shape index (κ3) is 8.83. The molecule has 4 fully saturated rings. The maximum atomic E-state index is 11.8. The van der Waals surface area contributed by atoms with Crippen LogP contribution in [0.25, 0.3) is 0 Å². The van der Waals surface area contributed by atoms with Gasteiger partial charge < -0.3 is 58.7 Å². The lowest BCUT2D eigenvalue weighted by molar-refractivity contribution is -0.356. The molecule has 0 aromatic carbocycles. The summed E-state index contributed by atoms with van der Waals surface area (Å²) in [6, 6.07) is 0. The monoisotopic (exact) mass is 740 g/mol. The molecule has 4 saturated heterocycles. The van der Waals surface area contributed by atoms with Crippen molar-refractivity contribution in [2.24, 2.45) is 0 Å². The lowest BCUT2D eigenvalue weighted by Gasteiger charge is -2.47. The Labute approximate surface area is 260 Å². The predicted octanol–water partition coefficient (Wildman–Crippen LogP) is -6.39. The second-order valence-electron chi connectivity index (χ2n) is 10.2. The third-order valence-electron chi connectivity index (χ3n) is 7.20. The van der Waals surface area contributed by atoms with E-state index >= 15 is 0 Å². The highest BCUT2D eigenvalue weighted by molar-refractivity contribution is 7.81. The van der Waals surface area contributed by atoms with Crippen molar-refractivity contribution < 1.29 is 110 Å². The van der Waals surface area contributed by atoms with Crippen molar-refractivity contribution in [2.45, 2.75) is 92.1 Å². The van der Waals surface area contributed by atoms with Gasteiger partial charge in [-0.1, -0.05) is 0 Å². The van der Waals surface area contributed by atoms with E-state index in [1.165, 1.54) is 0 Å². The summed E-state index contributed by atoms with van der Waals surface area (Å²) in [5, 5.41) is 50.7. The van der Waals surface area contributed by atoms with Crippen LogP contribution in [0.4, 0.5) is 0 Å². The average Bonchev–Trinajstić information content (AvgIpc) is 3.22. The third-order valence-corrected chi connectivity index (χ3v) is 8.60. The highest BCUT2D eigenvalue weighted by atomic mass is 32.3. The topological polar surface area (TPSA) is 357 Å². The Kier molecular flexibility index (Phi) is 12.0. The molecule has 2 bridgehead atoms. The molecule has 0 unspecified atom stereocenters. The van der Waals surface area contributed by atoms with Gasteiger partial charge in [-0.25, -0.2) is 12.5 Å². The normalized spacial score (nSPS) is 43.9. The smallest absolute Gasteiger partial charge is 0.394 e. The van der Waals surface area contributed by atoms with Gasteiger partial charge in [-0.05, 0) is 0 Å². The zero-order chi connectivity index (χ0) is 34.4. The minimum Gasteiger partial charge on any atom is -0.394 e. The Morgan fingerprint density at radius 2 is 1.13 bits per heavy atom. The Morgan fingerprint density at radius 1 is 0.630 bits per heavy atom. The van der Waals surface area contributed by atoms with Crippen molar-refractivity contribution in [1.82, 2.24) is 0 Å². The minimum absolute atomic E-state index is 0.432. The number of aliphatic hydroxyl groups is 5. The van der Waals surface area contributed by atoms with Crippen LogP contribution in [0.1, 0.15) is 0 Å². The SMILES string of the molecule is CO[C@@H]1[C@@H](O)[C@H](O[C@@H]2[C@@H]3OC[C@H]2O[C@H](O[C@@H]2[C@@H](O)[C@H](O)O[C@H](CO)[C@@H]2OS(=O)(=O)O)[C@@H]3OS(=O)(=O)O)O[C@H](CO)[C@@H]1OS(=O)(=O)O.